The van der Waals surface area contributed by atoms with Crippen LogP contribution in [0.25, 0.3) is 10.9 Å². The standard InChI is InChI=1S/C29H31FN2O2/c1-32(2)17-16-29(33,22-12-9-13-23(30)19-22)20-26-24-14-7-8-15-27(24)31-28(34-3)25(26)18-21-10-5-4-6-11-21/h4-15,19,33H,16-18,20H2,1-3H3. The van der Waals surface area contributed by atoms with Crippen LogP contribution in [0.1, 0.15) is 28.7 Å². The Labute approximate surface area is 200 Å². The summed E-state index contributed by atoms with van der Waals surface area (Å²) in [7, 11) is 5.57. The van der Waals surface area contributed by atoms with Gasteiger partial charge in [-0.3, -0.25) is 0 Å². The average molecular weight is 459 g/mol. The molecule has 0 saturated carbocycles. The molecule has 0 aliphatic rings. The van der Waals surface area contributed by atoms with Gasteiger partial charge in [0.05, 0.1) is 18.2 Å². The van der Waals surface area contributed by atoms with Crippen molar-refractivity contribution in [3.63, 3.8) is 0 Å². The first-order chi connectivity index (χ1) is 16.4. The number of methoxy groups -OCH3 is 1. The molecule has 4 nitrogen and oxygen atoms in total. The fourth-order valence-electron chi connectivity index (χ4n) is 4.46. The van der Waals surface area contributed by atoms with Crippen LogP contribution in [0.15, 0.2) is 78.9 Å². The summed E-state index contributed by atoms with van der Waals surface area (Å²) in [6.45, 7) is 0.654. The van der Waals surface area contributed by atoms with Crippen molar-refractivity contribution < 1.29 is 14.2 Å². The Morgan fingerprint density at radius 2 is 1.68 bits per heavy atom. The van der Waals surface area contributed by atoms with Gasteiger partial charge in [-0.1, -0.05) is 60.7 Å². The predicted octanol–water partition coefficient (Wildman–Crippen LogP) is 5.36. The lowest BCUT2D eigenvalue weighted by molar-refractivity contribution is 0.0210. The second-order valence-corrected chi connectivity index (χ2v) is 9.03. The molecular formula is C29H31FN2O2. The van der Waals surface area contributed by atoms with Gasteiger partial charge in [-0.05, 0) is 55.4 Å². The van der Waals surface area contributed by atoms with E-state index in [1.54, 1.807) is 19.2 Å². The summed E-state index contributed by atoms with van der Waals surface area (Å²) in [5.74, 6) is 0.189. The van der Waals surface area contributed by atoms with E-state index < -0.39 is 5.60 Å². The lowest BCUT2D eigenvalue weighted by Crippen LogP contribution is -2.33. The number of aliphatic hydroxyl groups is 1. The van der Waals surface area contributed by atoms with Crippen molar-refractivity contribution in [1.29, 1.82) is 0 Å². The van der Waals surface area contributed by atoms with Crippen molar-refractivity contribution in [1.82, 2.24) is 9.88 Å². The fraction of sp³-hybridized carbons (Fsp3) is 0.276. The van der Waals surface area contributed by atoms with E-state index in [4.69, 9.17) is 9.72 Å². The Bertz CT molecular complexity index is 1260. The first kappa shape index (κ1) is 23.9. The van der Waals surface area contributed by atoms with Gasteiger partial charge >= 0.3 is 0 Å². The molecule has 0 aliphatic carbocycles. The summed E-state index contributed by atoms with van der Waals surface area (Å²) in [6.07, 6.45) is 1.38. The molecule has 0 spiro atoms. The van der Waals surface area contributed by atoms with Crippen molar-refractivity contribution >= 4 is 10.9 Å². The number of fused-ring (bicyclic) bond motifs is 1. The Morgan fingerprint density at radius 1 is 0.941 bits per heavy atom. The highest BCUT2D eigenvalue weighted by atomic mass is 19.1. The van der Waals surface area contributed by atoms with Gasteiger partial charge in [0.15, 0.2) is 0 Å². The zero-order valence-electron chi connectivity index (χ0n) is 20.0. The molecule has 34 heavy (non-hydrogen) atoms. The smallest absolute Gasteiger partial charge is 0.217 e. The van der Waals surface area contributed by atoms with Gasteiger partial charge in [0.25, 0.3) is 0 Å². The fourth-order valence-corrected chi connectivity index (χ4v) is 4.46. The minimum absolute atomic E-state index is 0.311. The number of hydrogen-bond acceptors (Lipinski definition) is 4. The van der Waals surface area contributed by atoms with E-state index in [9.17, 15) is 9.50 Å². The van der Waals surface area contributed by atoms with Crippen LogP contribution in [-0.4, -0.2) is 42.7 Å². The van der Waals surface area contributed by atoms with E-state index in [0.29, 0.717) is 37.3 Å². The number of ether oxygens (including phenoxy) is 1. The predicted molar refractivity (Wildman–Crippen MR) is 135 cm³/mol. The number of halogens is 1. The third-order valence-electron chi connectivity index (χ3n) is 6.29. The molecule has 0 radical (unpaired) electrons. The number of para-hydroxylation sites is 1. The van der Waals surface area contributed by atoms with Gasteiger partial charge in [-0.25, -0.2) is 9.37 Å². The molecule has 176 valence electrons. The number of hydrogen-bond donors (Lipinski definition) is 1. The summed E-state index contributed by atoms with van der Waals surface area (Å²) in [4.78, 5) is 6.80. The molecule has 0 saturated heterocycles. The third kappa shape index (κ3) is 5.27. The maximum absolute atomic E-state index is 14.2. The monoisotopic (exact) mass is 458 g/mol. The molecular weight excluding hydrogens is 427 g/mol. The second-order valence-electron chi connectivity index (χ2n) is 9.03. The van der Waals surface area contributed by atoms with Crippen molar-refractivity contribution in [2.75, 3.05) is 27.7 Å². The van der Waals surface area contributed by atoms with Crippen LogP contribution >= 0.6 is 0 Å². The van der Waals surface area contributed by atoms with Crippen molar-refractivity contribution in [3.8, 4) is 5.88 Å². The summed E-state index contributed by atoms with van der Waals surface area (Å²) in [5.41, 5.74) is 3.14. The van der Waals surface area contributed by atoms with Crippen LogP contribution in [0, 0.1) is 5.82 Å². The van der Waals surface area contributed by atoms with Gasteiger partial charge in [0, 0.05) is 30.3 Å². The molecule has 5 heteroatoms. The normalized spacial score (nSPS) is 13.2. The van der Waals surface area contributed by atoms with Crippen molar-refractivity contribution in [3.05, 3.63) is 107 Å². The second kappa shape index (κ2) is 10.3. The summed E-state index contributed by atoms with van der Waals surface area (Å²) in [6, 6.07) is 24.4. The molecule has 4 aromatic rings. The third-order valence-corrected chi connectivity index (χ3v) is 6.29. The Morgan fingerprint density at radius 3 is 2.38 bits per heavy atom. The van der Waals surface area contributed by atoms with Crippen molar-refractivity contribution in [2.24, 2.45) is 0 Å². The van der Waals surface area contributed by atoms with Crippen LogP contribution in [0.4, 0.5) is 4.39 Å². The van der Waals surface area contributed by atoms with Crippen LogP contribution in [0.3, 0.4) is 0 Å². The Hall–Kier alpha value is -3.28. The van der Waals surface area contributed by atoms with Crippen LogP contribution in [0.5, 0.6) is 5.88 Å². The number of pyridine rings is 1. The maximum Gasteiger partial charge on any atom is 0.217 e. The van der Waals surface area contributed by atoms with E-state index in [0.717, 1.165) is 27.6 Å². The molecule has 0 aliphatic heterocycles. The highest BCUT2D eigenvalue weighted by Gasteiger charge is 2.32. The number of nitrogens with zero attached hydrogens (tertiary/aromatic N) is 2. The van der Waals surface area contributed by atoms with Crippen molar-refractivity contribution in [2.45, 2.75) is 24.9 Å². The molecule has 0 amide bonds. The zero-order chi connectivity index (χ0) is 24.1. The van der Waals surface area contributed by atoms with E-state index in [-0.39, 0.29) is 5.82 Å². The Balaban J connectivity index is 1.90. The quantitative estimate of drug-likeness (QED) is 0.367. The minimum Gasteiger partial charge on any atom is -0.481 e. The van der Waals surface area contributed by atoms with E-state index in [1.165, 1.54) is 12.1 Å². The lowest BCUT2D eigenvalue weighted by atomic mass is 9.81. The topological polar surface area (TPSA) is 45.6 Å². The first-order valence-electron chi connectivity index (χ1n) is 11.5. The number of rotatable bonds is 9. The lowest BCUT2D eigenvalue weighted by Gasteiger charge is -2.32. The minimum atomic E-state index is -1.27. The molecule has 1 atom stereocenters. The summed E-state index contributed by atoms with van der Waals surface area (Å²) in [5, 5.41) is 13.0. The maximum atomic E-state index is 14.2. The van der Waals surface area contributed by atoms with Crippen LogP contribution < -0.4 is 4.74 Å². The summed E-state index contributed by atoms with van der Waals surface area (Å²) >= 11 is 0. The van der Waals surface area contributed by atoms with E-state index in [1.807, 2.05) is 61.5 Å². The molecule has 4 rings (SSSR count). The van der Waals surface area contributed by atoms with Crippen LogP contribution in [0.2, 0.25) is 0 Å². The molecule has 1 N–H and O–H groups in total. The molecule has 1 heterocycles. The highest BCUT2D eigenvalue weighted by molar-refractivity contribution is 5.84. The zero-order valence-corrected chi connectivity index (χ0v) is 20.0. The van der Waals surface area contributed by atoms with Gasteiger partial charge < -0.3 is 14.7 Å². The summed E-state index contributed by atoms with van der Waals surface area (Å²) < 4.78 is 20.0. The van der Waals surface area contributed by atoms with Gasteiger partial charge in [0.1, 0.15) is 5.82 Å². The van der Waals surface area contributed by atoms with Gasteiger partial charge in [0.2, 0.25) is 5.88 Å². The first-order valence-corrected chi connectivity index (χ1v) is 11.5. The Kier molecular flexibility index (Phi) is 7.25. The molecule has 1 aromatic heterocycles. The molecule has 3 aromatic carbocycles. The van der Waals surface area contributed by atoms with E-state index >= 15 is 0 Å². The highest BCUT2D eigenvalue weighted by Crippen LogP contribution is 2.37. The number of aromatic nitrogens is 1. The van der Waals surface area contributed by atoms with E-state index in [2.05, 4.69) is 12.1 Å². The SMILES string of the molecule is COc1nc2ccccc2c(CC(O)(CCN(C)C)c2cccc(F)c2)c1Cc1ccccc1. The number of benzene rings is 3. The van der Waals surface area contributed by atoms with Gasteiger partial charge in [-0.2, -0.15) is 0 Å². The van der Waals surface area contributed by atoms with Crippen LogP contribution in [-0.2, 0) is 18.4 Å². The molecule has 0 bridgehead atoms. The average Bonchev–Trinajstić information content (AvgIpc) is 2.84. The van der Waals surface area contributed by atoms with Gasteiger partial charge in [-0.15, -0.1) is 0 Å². The molecule has 0 fully saturated rings. The molecule has 1 unspecified atom stereocenters. The largest absolute Gasteiger partial charge is 0.481 e.